The van der Waals surface area contributed by atoms with Crippen LogP contribution in [0.1, 0.15) is 21.5 Å². The lowest BCUT2D eigenvalue weighted by molar-refractivity contribution is 0.100. The molecule has 0 spiro atoms. The summed E-state index contributed by atoms with van der Waals surface area (Å²) in [6, 6.07) is 14.6. The molecule has 0 saturated heterocycles. The summed E-state index contributed by atoms with van der Waals surface area (Å²) in [7, 11) is 0. The zero-order valence-corrected chi connectivity index (χ0v) is 12.4. The van der Waals surface area contributed by atoms with Crippen LogP contribution in [0.25, 0.3) is 11.3 Å². The minimum absolute atomic E-state index is 0.0221. The van der Waals surface area contributed by atoms with E-state index < -0.39 is 5.91 Å². The number of aliphatic hydroxyl groups excluding tert-OH is 1. The fraction of sp³-hybridized carbons (Fsp3) is 0.118. The van der Waals surface area contributed by atoms with Crippen molar-refractivity contribution < 1.29 is 9.90 Å². The number of hydrogen-bond donors (Lipinski definition) is 2. The molecule has 0 radical (unpaired) electrons. The molecule has 0 atom stereocenters. The molecule has 116 valence electrons. The Morgan fingerprint density at radius 2 is 1.70 bits per heavy atom. The number of aromatic nitrogens is 3. The van der Waals surface area contributed by atoms with Gasteiger partial charge in [0.2, 0.25) is 5.91 Å². The second-order valence-corrected chi connectivity index (χ2v) is 5.22. The monoisotopic (exact) mass is 308 g/mol. The first-order valence-corrected chi connectivity index (χ1v) is 7.15. The Morgan fingerprint density at radius 1 is 1.04 bits per heavy atom. The van der Waals surface area contributed by atoms with Crippen LogP contribution < -0.4 is 5.73 Å². The molecule has 3 rings (SSSR count). The molecular formula is C17H16N4O2. The van der Waals surface area contributed by atoms with E-state index in [2.05, 4.69) is 10.3 Å². The normalized spacial score (nSPS) is 10.7. The van der Waals surface area contributed by atoms with Crippen molar-refractivity contribution in [3.63, 3.8) is 0 Å². The summed E-state index contributed by atoms with van der Waals surface area (Å²) >= 11 is 0. The van der Waals surface area contributed by atoms with E-state index >= 15 is 0 Å². The molecule has 1 aromatic heterocycles. The van der Waals surface area contributed by atoms with E-state index in [1.165, 1.54) is 0 Å². The second-order valence-electron chi connectivity index (χ2n) is 5.22. The molecular weight excluding hydrogens is 292 g/mol. The van der Waals surface area contributed by atoms with Gasteiger partial charge in [0.1, 0.15) is 5.69 Å². The summed E-state index contributed by atoms with van der Waals surface area (Å²) < 4.78 is 1.73. The Bertz CT molecular complexity index is 807. The average molecular weight is 308 g/mol. The van der Waals surface area contributed by atoms with Crippen LogP contribution in [0.3, 0.4) is 0 Å². The average Bonchev–Trinajstić information content (AvgIpc) is 3.04. The third kappa shape index (κ3) is 3.44. The van der Waals surface area contributed by atoms with Crippen LogP contribution in [0.15, 0.2) is 54.7 Å². The molecule has 0 aliphatic heterocycles. The Hall–Kier alpha value is -2.99. The first-order chi connectivity index (χ1) is 11.2. The molecule has 3 aromatic rings. The highest BCUT2D eigenvalue weighted by Crippen LogP contribution is 2.17. The van der Waals surface area contributed by atoms with Crippen molar-refractivity contribution in [2.75, 3.05) is 0 Å². The van der Waals surface area contributed by atoms with Crippen molar-refractivity contribution in [2.45, 2.75) is 13.2 Å². The van der Waals surface area contributed by atoms with Gasteiger partial charge in [-0.3, -0.25) is 4.79 Å². The first-order valence-electron chi connectivity index (χ1n) is 7.15. The van der Waals surface area contributed by atoms with Gasteiger partial charge in [-0.25, -0.2) is 4.68 Å². The molecule has 0 aliphatic carbocycles. The molecule has 0 saturated carbocycles. The van der Waals surface area contributed by atoms with E-state index in [1.54, 1.807) is 16.8 Å². The summed E-state index contributed by atoms with van der Waals surface area (Å²) in [5.74, 6) is -0.439. The fourth-order valence-electron chi connectivity index (χ4n) is 2.25. The lowest BCUT2D eigenvalue weighted by Crippen LogP contribution is -2.10. The van der Waals surface area contributed by atoms with Gasteiger partial charge in [0.25, 0.3) is 0 Å². The molecule has 0 bridgehead atoms. The van der Waals surface area contributed by atoms with E-state index in [9.17, 15) is 4.79 Å². The number of amides is 1. The Morgan fingerprint density at radius 3 is 2.30 bits per heavy atom. The van der Waals surface area contributed by atoms with Gasteiger partial charge in [-0.1, -0.05) is 41.6 Å². The van der Waals surface area contributed by atoms with Crippen molar-refractivity contribution in [2.24, 2.45) is 5.73 Å². The van der Waals surface area contributed by atoms with Crippen molar-refractivity contribution in [1.29, 1.82) is 0 Å². The number of nitrogens with zero attached hydrogens (tertiary/aromatic N) is 3. The third-order valence-corrected chi connectivity index (χ3v) is 3.55. The minimum atomic E-state index is -0.439. The quantitative estimate of drug-likeness (QED) is 0.748. The Balaban J connectivity index is 1.74. The number of benzene rings is 2. The van der Waals surface area contributed by atoms with E-state index in [0.717, 1.165) is 22.4 Å². The predicted octanol–water partition coefficient (Wildman–Crippen LogP) is 1.58. The van der Waals surface area contributed by atoms with E-state index in [-0.39, 0.29) is 6.61 Å². The van der Waals surface area contributed by atoms with Crippen LogP contribution in [0.4, 0.5) is 0 Å². The van der Waals surface area contributed by atoms with Crippen LogP contribution in [0, 0.1) is 0 Å². The third-order valence-electron chi connectivity index (χ3n) is 3.55. The second kappa shape index (κ2) is 6.41. The maximum Gasteiger partial charge on any atom is 0.248 e. The van der Waals surface area contributed by atoms with Crippen LogP contribution in [0.2, 0.25) is 0 Å². The van der Waals surface area contributed by atoms with Gasteiger partial charge in [0.15, 0.2) is 0 Å². The zero-order valence-electron chi connectivity index (χ0n) is 12.4. The molecule has 1 amide bonds. The highest BCUT2D eigenvalue weighted by molar-refractivity contribution is 5.92. The summed E-state index contributed by atoms with van der Waals surface area (Å²) in [6.07, 6.45) is 1.86. The summed E-state index contributed by atoms with van der Waals surface area (Å²) in [5, 5.41) is 17.3. The molecule has 6 heteroatoms. The first kappa shape index (κ1) is 14.9. The predicted molar refractivity (Wildman–Crippen MR) is 85.4 cm³/mol. The lowest BCUT2D eigenvalue weighted by Gasteiger charge is -2.02. The maximum atomic E-state index is 11.1. The van der Waals surface area contributed by atoms with Crippen LogP contribution in [-0.4, -0.2) is 26.0 Å². The number of rotatable bonds is 5. The zero-order chi connectivity index (χ0) is 16.2. The van der Waals surface area contributed by atoms with Crippen molar-refractivity contribution in [3.8, 4) is 11.3 Å². The molecule has 2 aromatic carbocycles. The smallest absolute Gasteiger partial charge is 0.248 e. The largest absolute Gasteiger partial charge is 0.392 e. The highest BCUT2D eigenvalue weighted by atomic mass is 16.3. The molecule has 0 fully saturated rings. The Kier molecular flexibility index (Phi) is 4.16. The maximum absolute atomic E-state index is 11.1. The van der Waals surface area contributed by atoms with Gasteiger partial charge < -0.3 is 10.8 Å². The van der Waals surface area contributed by atoms with Crippen LogP contribution >= 0.6 is 0 Å². The lowest BCUT2D eigenvalue weighted by atomic mass is 10.1. The topological polar surface area (TPSA) is 94.0 Å². The number of carbonyl (C=O) groups is 1. The van der Waals surface area contributed by atoms with Crippen molar-refractivity contribution in [3.05, 3.63) is 71.4 Å². The number of carbonyl (C=O) groups excluding carboxylic acids is 1. The van der Waals surface area contributed by atoms with E-state index in [0.29, 0.717) is 12.1 Å². The van der Waals surface area contributed by atoms with Gasteiger partial charge >= 0.3 is 0 Å². The Labute approximate surface area is 133 Å². The van der Waals surface area contributed by atoms with Gasteiger partial charge in [0.05, 0.1) is 19.3 Å². The summed E-state index contributed by atoms with van der Waals surface area (Å²) in [5.41, 5.74) is 9.27. The number of hydrogen-bond acceptors (Lipinski definition) is 4. The van der Waals surface area contributed by atoms with Gasteiger partial charge in [-0.05, 0) is 23.3 Å². The molecule has 0 unspecified atom stereocenters. The molecule has 6 nitrogen and oxygen atoms in total. The molecule has 0 aliphatic rings. The van der Waals surface area contributed by atoms with E-state index in [1.807, 2.05) is 42.6 Å². The van der Waals surface area contributed by atoms with Gasteiger partial charge in [0, 0.05) is 11.1 Å². The van der Waals surface area contributed by atoms with Crippen molar-refractivity contribution >= 4 is 5.91 Å². The number of aliphatic hydroxyl groups is 1. The van der Waals surface area contributed by atoms with Gasteiger partial charge in [-0.2, -0.15) is 0 Å². The highest BCUT2D eigenvalue weighted by Gasteiger charge is 2.05. The van der Waals surface area contributed by atoms with Crippen LogP contribution in [-0.2, 0) is 13.2 Å². The SMILES string of the molecule is NC(=O)c1ccc(Cn2cc(-c3ccc(CO)cc3)nn2)cc1. The molecule has 3 N–H and O–H groups in total. The molecule has 23 heavy (non-hydrogen) atoms. The summed E-state index contributed by atoms with van der Waals surface area (Å²) in [6.45, 7) is 0.578. The van der Waals surface area contributed by atoms with Gasteiger partial charge in [-0.15, -0.1) is 5.10 Å². The fourth-order valence-corrected chi connectivity index (χ4v) is 2.25. The number of primary amides is 1. The molecule has 1 heterocycles. The summed E-state index contributed by atoms with van der Waals surface area (Å²) in [4.78, 5) is 11.1. The van der Waals surface area contributed by atoms with Crippen LogP contribution in [0.5, 0.6) is 0 Å². The number of nitrogens with two attached hydrogens (primary N) is 1. The minimum Gasteiger partial charge on any atom is -0.392 e. The van der Waals surface area contributed by atoms with Crippen molar-refractivity contribution in [1.82, 2.24) is 15.0 Å². The standard InChI is InChI=1S/C17H16N4O2/c18-17(23)15-7-1-12(2-8-15)9-21-10-16(19-20-21)14-5-3-13(11-22)4-6-14/h1-8,10,22H,9,11H2,(H2,18,23). The van der Waals surface area contributed by atoms with E-state index in [4.69, 9.17) is 10.8 Å².